The molecule has 1 atom stereocenters. The molecule has 0 N–H and O–H groups in total. The fraction of sp³-hybridized carbons (Fsp3) is 0.438. The first-order valence-corrected chi connectivity index (χ1v) is 9.63. The number of carbonyl (C=O) groups is 1. The van der Waals surface area contributed by atoms with Gasteiger partial charge in [0.25, 0.3) is 0 Å². The van der Waals surface area contributed by atoms with Crippen molar-refractivity contribution < 1.29 is 4.79 Å². The van der Waals surface area contributed by atoms with E-state index in [0.717, 1.165) is 17.8 Å². The van der Waals surface area contributed by atoms with Crippen LogP contribution in [-0.4, -0.2) is 38.7 Å². The van der Waals surface area contributed by atoms with Gasteiger partial charge in [0.2, 0.25) is 5.91 Å². The van der Waals surface area contributed by atoms with Crippen molar-refractivity contribution in [2.24, 2.45) is 0 Å². The maximum Gasteiger partial charge on any atom is 0.227 e. The largest absolute Gasteiger partial charge is 0.309 e. The molecule has 0 unspecified atom stereocenters. The van der Waals surface area contributed by atoms with Gasteiger partial charge in [-0.1, -0.05) is 6.92 Å². The molecule has 2 heterocycles. The molecule has 0 aliphatic heterocycles. The average molecular weight is 397 g/mol. The van der Waals surface area contributed by atoms with Crippen molar-refractivity contribution in [2.75, 3.05) is 17.7 Å². The molecule has 0 bridgehead atoms. The van der Waals surface area contributed by atoms with Gasteiger partial charge in [-0.2, -0.15) is 16.9 Å². The Hall–Kier alpha value is -1.34. The summed E-state index contributed by atoms with van der Waals surface area (Å²) in [5.41, 5.74) is 1.65. The highest BCUT2D eigenvalue weighted by Gasteiger charge is 2.20. The molecule has 7 heteroatoms. The third-order valence-electron chi connectivity index (χ3n) is 3.64. The Bertz CT molecular complexity index is 647. The standard InChI is InChI=1S/C16H21BrN4OS/c1-4-20(15(22)8-7-12(2)23-3)14-11-21(19-16(14)17)13-6-5-9-18-10-13/h5-6,9-12H,4,7-8H2,1-3H3/t12-/m0/s1. The van der Waals surface area contributed by atoms with Gasteiger partial charge in [-0.05, 0) is 47.7 Å². The van der Waals surface area contributed by atoms with Crippen molar-refractivity contribution in [3.63, 3.8) is 0 Å². The highest BCUT2D eigenvalue weighted by atomic mass is 79.9. The Labute approximate surface area is 149 Å². The van der Waals surface area contributed by atoms with E-state index in [1.54, 1.807) is 33.7 Å². The van der Waals surface area contributed by atoms with E-state index >= 15 is 0 Å². The summed E-state index contributed by atoms with van der Waals surface area (Å²) in [5, 5.41) is 4.92. The van der Waals surface area contributed by atoms with Gasteiger partial charge in [0.05, 0.1) is 23.8 Å². The second-order valence-electron chi connectivity index (χ2n) is 5.18. The molecule has 0 spiro atoms. The Balaban J connectivity index is 2.18. The number of hydrogen-bond donors (Lipinski definition) is 0. The summed E-state index contributed by atoms with van der Waals surface area (Å²) >= 11 is 5.25. The van der Waals surface area contributed by atoms with Gasteiger partial charge in [0.1, 0.15) is 0 Å². The van der Waals surface area contributed by atoms with E-state index in [9.17, 15) is 4.79 Å². The smallest absolute Gasteiger partial charge is 0.227 e. The van der Waals surface area contributed by atoms with Crippen molar-refractivity contribution in [3.05, 3.63) is 35.3 Å². The molecule has 0 saturated heterocycles. The van der Waals surface area contributed by atoms with Crippen molar-refractivity contribution in [3.8, 4) is 5.69 Å². The third-order valence-corrected chi connectivity index (χ3v) is 5.24. The first kappa shape index (κ1) is 18.0. The number of halogens is 1. The third kappa shape index (κ3) is 4.57. The van der Waals surface area contributed by atoms with Crippen LogP contribution in [0.1, 0.15) is 26.7 Å². The van der Waals surface area contributed by atoms with E-state index in [4.69, 9.17) is 0 Å². The monoisotopic (exact) mass is 396 g/mol. The van der Waals surface area contributed by atoms with Crippen molar-refractivity contribution in [2.45, 2.75) is 31.9 Å². The lowest BCUT2D eigenvalue weighted by Gasteiger charge is -2.20. The van der Waals surface area contributed by atoms with Gasteiger partial charge in [-0.15, -0.1) is 0 Å². The molecule has 0 aromatic carbocycles. The highest BCUT2D eigenvalue weighted by molar-refractivity contribution is 9.10. The lowest BCUT2D eigenvalue weighted by atomic mass is 10.2. The number of nitrogens with zero attached hydrogens (tertiary/aromatic N) is 4. The molecule has 23 heavy (non-hydrogen) atoms. The summed E-state index contributed by atoms with van der Waals surface area (Å²) in [6.45, 7) is 4.73. The normalized spacial score (nSPS) is 12.2. The van der Waals surface area contributed by atoms with Crippen LogP contribution in [0.4, 0.5) is 5.69 Å². The predicted molar refractivity (Wildman–Crippen MR) is 99.3 cm³/mol. The van der Waals surface area contributed by atoms with E-state index < -0.39 is 0 Å². The van der Waals surface area contributed by atoms with Crippen LogP contribution in [0.25, 0.3) is 5.69 Å². The first-order valence-electron chi connectivity index (χ1n) is 7.55. The molecule has 0 saturated carbocycles. The van der Waals surface area contributed by atoms with Crippen LogP contribution < -0.4 is 4.90 Å². The van der Waals surface area contributed by atoms with E-state index in [1.807, 2.05) is 25.3 Å². The van der Waals surface area contributed by atoms with Crippen LogP contribution >= 0.6 is 27.7 Å². The van der Waals surface area contributed by atoms with Crippen molar-refractivity contribution in [1.82, 2.24) is 14.8 Å². The molecule has 2 aromatic heterocycles. The van der Waals surface area contributed by atoms with Crippen molar-refractivity contribution in [1.29, 1.82) is 0 Å². The number of rotatable bonds is 7. The summed E-state index contributed by atoms with van der Waals surface area (Å²) in [6, 6.07) is 3.78. The topological polar surface area (TPSA) is 51.0 Å². The van der Waals surface area contributed by atoms with Gasteiger partial charge in [0.15, 0.2) is 4.60 Å². The molecule has 2 aromatic rings. The number of amides is 1. The predicted octanol–water partition coefficient (Wildman–Crippen LogP) is 3.91. The van der Waals surface area contributed by atoms with Gasteiger partial charge in [-0.3, -0.25) is 9.78 Å². The summed E-state index contributed by atoms with van der Waals surface area (Å²) in [4.78, 5) is 18.4. The maximum atomic E-state index is 12.5. The van der Waals surface area contributed by atoms with E-state index in [1.165, 1.54) is 0 Å². The summed E-state index contributed by atoms with van der Waals surface area (Å²) in [6.07, 6.45) is 8.81. The molecule has 0 fully saturated rings. The number of carbonyl (C=O) groups excluding carboxylic acids is 1. The molecule has 0 aliphatic rings. The minimum Gasteiger partial charge on any atom is -0.309 e. The Morgan fingerprint density at radius 2 is 2.30 bits per heavy atom. The quantitative estimate of drug-likeness (QED) is 0.711. The van der Waals surface area contributed by atoms with E-state index in [0.29, 0.717) is 22.8 Å². The zero-order chi connectivity index (χ0) is 16.8. The van der Waals surface area contributed by atoms with Gasteiger partial charge < -0.3 is 4.90 Å². The van der Waals surface area contributed by atoms with Crippen LogP contribution in [0.3, 0.4) is 0 Å². The molecular weight excluding hydrogens is 376 g/mol. The Kier molecular flexibility index (Phi) is 6.65. The van der Waals surface area contributed by atoms with E-state index in [2.05, 4.69) is 39.2 Å². The van der Waals surface area contributed by atoms with Crippen molar-refractivity contribution >= 4 is 39.3 Å². The molecule has 124 valence electrons. The Morgan fingerprint density at radius 1 is 1.52 bits per heavy atom. The first-order chi connectivity index (χ1) is 11.1. The number of pyridine rings is 1. The fourth-order valence-electron chi connectivity index (χ4n) is 2.21. The Morgan fingerprint density at radius 3 is 2.91 bits per heavy atom. The lowest BCUT2D eigenvalue weighted by Crippen LogP contribution is -2.30. The zero-order valence-corrected chi connectivity index (χ0v) is 16.0. The average Bonchev–Trinajstić information content (AvgIpc) is 2.96. The molecule has 5 nitrogen and oxygen atoms in total. The second kappa shape index (κ2) is 8.49. The molecule has 2 rings (SSSR count). The van der Waals surface area contributed by atoms with Crippen LogP contribution in [-0.2, 0) is 4.79 Å². The summed E-state index contributed by atoms with van der Waals surface area (Å²) < 4.78 is 2.39. The second-order valence-corrected chi connectivity index (χ2v) is 7.21. The SMILES string of the molecule is CCN(C(=O)CC[C@H](C)SC)c1cn(-c2cccnc2)nc1Br. The molecule has 0 aliphatic carbocycles. The van der Waals surface area contributed by atoms with Crippen LogP contribution in [0.5, 0.6) is 0 Å². The lowest BCUT2D eigenvalue weighted by molar-refractivity contribution is -0.118. The molecular formula is C16H21BrN4OS. The van der Waals surface area contributed by atoms with Gasteiger partial charge in [0, 0.05) is 24.4 Å². The van der Waals surface area contributed by atoms with Crippen LogP contribution in [0.2, 0.25) is 0 Å². The minimum atomic E-state index is 0.125. The molecule has 0 radical (unpaired) electrons. The van der Waals surface area contributed by atoms with Gasteiger partial charge in [-0.25, -0.2) is 4.68 Å². The van der Waals surface area contributed by atoms with Crippen LogP contribution in [0, 0.1) is 0 Å². The summed E-state index contributed by atoms with van der Waals surface area (Å²) in [7, 11) is 0. The number of aromatic nitrogens is 3. The van der Waals surface area contributed by atoms with Crippen LogP contribution in [0.15, 0.2) is 35.3 Å². The number of anilines is 1. The van der Waals surface area contributed by atoms with Gasteiger partial charge >= 0.3 is 0 Å². The summed E-state index contributed by atoms with van der Waals surface area (Å²) in [5.74, 6) is 0.125. The minimum absolute atomic E-state index is 0.125. The number of thioether (sulfide) groups is 1. The fourth-order valence-corrected chi connectivity index (χ4v) is 3.05. The van der Waals surface area contributed by atoms with E-state index in [-0.39, 0.29) is 5.91 Å². The highest BCUT2D eigenvalue weighted by Crippen LogP contribution is 2.27. The molecule has 1 amide bonds. The number of hydrogen-bond acceptors (Lipinski definition) is 4. The zero-order valence-electron chi connectivity index (χ0n) is 13.6. The maximum absolute atomic E-state index is 12.5.